The van der Waals surface area contributed by atoms with Crippen LogP contribution in [-0.2, 0) is 0 Å². The van der Waals surface area contributed by atoms with E-state index in [4.69, 9.17) is 0 Å². The summed E-state index contributed by atoms with van der Waals surface area (Å²) in [6.45, 7) is 3.58. The molecule has 0 aromatic carbocycles. The van der Waals surface area contributed by atoms with Gasteiger partial charge in [-0.25, -0.2) is 9.78 Å². The molecule has 92 valence electrons. The van der Waals surface area contributed by atoms with Crippen molar-refractivity contribution in [3.05, 3.63) is 47.4 Å². The summed E-state index contributed by atoms with van der Waals surface area (Å²) in [5.74, 6) is -0.653. The van der Waals surface area contributed by atoms with Crippen LogP contribution >= 0.6 is 0 Å². The molecular weight excluding hydrogens is 230 g/mol. The quantitative estimate of drug-likeness (QED) is 0.866. The molecule has 5 heteroatoms. The van der Waals surface area contributed by atoms with Crippen LogP contribution in [0.2, 0.25) is 0 Å². The van der Waals surface area contributed by atoms with Gasteiger partial charge in [0.25, 0.3) is 0 Å². The lowest BCUT2D eigenvalue weighted by Gasteiger charge is -2.11. The van der Waals surface area contributed by atoms with Crippen LogP contribution in [0.4, 0.5) is 11.5 Å². The summed E-state index contributed by atoms with van der Waals surface area (Å²) in [6, 6.07) is 5.32. The molecule has 2 aromatic heterocycles. The third kappa shape index (κ3) is 2.45. The highest BCUT2D eigenvalue weighted by Gasteiger charge is 2.15. The molecular formula is C13H13N3O2. The maximum absolute atomic E-state index is 11.2. The Hall–Kier alpha value is -2.43. The Morgan fingerprint density at radius 2 is 2.17 bits per heavy atom. The second-order valence-electron chi connectivity index (χ2n) is 3.98. The highest BCUT2D eigenvalue weighted by Crippen LogP contribution is 2.22. The largest absolute Gasteiger partial charge is 0.478 e. The van der Waals surface area contributed by atoms with E-state index in [1.165, 1.54) is 0 Å². The van der Waals surface area contributed by atoms with Crippen molar-refractivity contribution >= 4 is 17.5 Å². The van der Waals surface area contributed by atoms with Gasteiger partial charge in [0.1, 0.15) is 11.4 Å². The summed E-state index contributed by atoms with van der Waals surface area (Å²) in [5.41, 5.74) is 2.34. The highest BCUT2D eigenvalue weighted by molar-refractivity contribution is 5.95. The summed E-state index contributed by atoms with van der Waals surface area (Å²) in [6.07, 6.45) is 3.27. The summed E-state index contributed by atoms with van der Waals surface area (Å²) < 4.78 is 0. The lowest BCUT2D eigenvalue weighted by atomic mass is 10.1. The number of nitrogens with one attached hydrogen (secondary N) is 1. The molecule has 0 bridgehead atoms. The van der Waals surface area contributed by atoms with E-state index in [2.05, 4.69) is 15.3 Å². The first-order valence-corrected chi connectivity index (χ1v) is 5.46. The van der Waals surface area contributed by atoms with E-state index < -0.39 is 5.97 Å². The number of carbonyl (C=O) groups is 1. The number of carboxylic acids is 1. The minimum Gasteiger partial charge on any atom is -0.478 e. The Bertz CT molecular complexity index is 582. The van der Waals surface area contributed by atoms with Gasteiger partial charge < -0.3 is 10.4 Å². The number of aryl methyl sites for hydroxylation is 2. The average molecular weight is 243 g/mol. The van der Waals surface area contributed by atoms with Gasteiger partial charge in [-0.2, -0.15) is 0 Å². The molecule has 0 amide bonds. The van der Waals surface area contributed by atoms with Crippen LogP contribution in [0.15, 0.2) is 30.6 Å². The van der Waals surface area contributed by atoms with E-state index in [1.807, 2.05) is 6.92 Å². The second kappa shape index (κ2) is 4.83. The van der Waals surface area contributed by atoms with E-state index in [-0.39, 0.29) is 5.56 Å². The van der Waals surface area contributed by atoms with Crippen molar-refractivity contribution in [3.63, 3.8) is 0 Å². The summed E-state index contributed by atoms with van der Waals surface area (Å²) in [4.78, 5) is 19.4. The molecule has 0 aliphatic rings. The molecule has 5 nitrogen and oxygen atoms in total. The smallest absolute Gasteiger partial charge is 0.339 e. The number of aromatic carboxylic acids is 1. The molecule has 0 radical (unpaired) electrons. The third-order valence-electron chi connectivity index (χ3n) is 2.48. The summed E-state index contributed by atoms with van der Waals surface area (Å²) in [7, 11) is 0. The molecule has 0 saturated carbocycles. The fraction of sp³-hybridized carbons (Fsp3) is 0.154. The van der Waals surface area contributed by atoms with Gasteiger partial charge in [0.05, 0.1) is 11.9 Å². The molecule has 2 rings (SSSR count). The van der Waals surface area contributed by atoms with Gasteiger partial charge in [0, 0.05) is 11.9 Å². The van der Waals surface area contributed by atoms with E-state index in [9.17, 15) is 9.90 Å². The van der Waals surface area contributed by atoms with Crippen molar-refractivity contribution in [1.29, 1.82) is 0 Å². The normalized spacial score (nSPS) is 10.1. The van der Waals surface area contributed by atoms with Gasteiger partial charge >= 0.3 is 5.97 Å². The fourth-order valence-corrected chi connectivity index (χ4v) is 1.77. The molecule has 0 aliphatic carbocycles. The van der Waals surface area contributed by atoms with E-state index in [1.54, 1.807) is 37.5 Å². The van der Waals surface area contributed by atoms with Gasteiger partial charge in [-0.05, 0) is 37.6 Å². The van der Waals surface area contributed by atoms with Crippen molar-refractivity contribution < 1.29 is 9.90 Å². The number of carboxylic acid groups (broad SMARTS) is 1. The minimum atomic E-state index is -0.994. The van der Waals surface area contributed by atoms with Crippen LogP contribution in [0.25, 0.3) is 0 Å². The Balaban J connectivity index is 2.46. The van der Waals surface area contributed by atoms with Crippen LogP contribution < -0.4 is 5.32 Å². The first-order valence-electron chi connectivity index (χ1n) is 5.46. The minimum absolute atomic E-state index is 0.185. The number of pyridine rings is 2. The molecule has 0 aliphatic heterocycles. The lowest BCUT2D eigenvalue weighted by molar-refractivity contribution is 0.0697. The molecule has 0 unspecified atom stereocenters. The predicted molar refractivity (Wildman–Crippen MR) is 68.2 cm³/mol. The Kier molecular flexibility index (Phi) is 3.23. The SMILES string of the molecule is Cc1cc(C)c(C(=O)O)c(Nc2cccnc2)n1. The fourth-order valence-electron chi connectivity index (χ4n) is 1.77. The van der Waals surface area contributed by atoms with Crippen LogP contribution in [-0.4, -0.2) is 21.0 Å². The molecule has 0 spiro atoms. The number of hydrogen-bond acceptors (Lipinski definition) is 4. The van der Waals surface area contributed by atoms with Gasteiger partial charge in [-0.1, -0.05) is 0 Å². The molecule has 18 heavy (non-hydrogen) atoms. The standard InChI is InChI=1S/C13H13N3O2/c1-8-6-9(2)15-12(11(8)13(17)18)16-10-4-3-5-14-7-10/h3-7H,1-2H3,(H,15,16)(H,17,18). The average Bonchev–Trinajstić information content (AvgIpc) is 2.28. The van der Waals surface area contributed by atoms with Crippen molar-refractivity contribution in [2.45, 2.75) is 13.8 Å². The number of aromatic nitrogens is 2. The molecule has 0 fully saturated rings. The lowest BCUT2D eigenvalue weighted by Crippen LogP contribution is -2.08. The van der Waals surface area contributed by atoms with Crippen molar-refractivity contribution in [2.24, 2.45) is 0 Å². The third-order valence-corrected chi connectivity index (χ3v) is 2.48. The van der Waals surface area contributed by atoms with Crippen LogP contribution in [0.3, 0.4) is 0 Å². The molecule has 0 atom stereocenters. The summed E-state index contributed by atoms with van der Waals surface area (Å²) in [5, 5.41) is 12.2. The molecule has 2 aromatic rings. The zero-order chi connectivity index (χ0) is 13.1. The monoisotopic (exact) mass is 243 g/mol. The van der Waals surface area contributed by atoms with Crippen molar-refractivity contribution in [2.75, 3.05) is 5.32 Å². The number of nitrogens with zero attached hydrogens (tertiary/aromatic N) is 2. The highest BCUT2D eigenvalue weighted by atomic mass is 16.4. The maximum atomic E-state index is 11.2. The Labute approximate surface area is 105 Å². The topological polar surface area (TPSA) is 75.1 Å². The second-order valence-corrected chi connectivity index (χ2v) is 3.98. The van der Waals surface area contributed by atoms with Crippen molar-refractivity contribution in [3.8, 4) is 0 Å². The summed E-state index contributed by atoms with van der Waals surface area (Å²) >= 11 is 0. The Morgan fingerprint density at radius 3 is 2.78 bits per heavy atom. The van der Waals surface area contributed by atoms with E-state index in [0.717, 1.165) is 5.69 Å². The van der Waals surface area contributed by atoms with Crippen LogP contribution in [0, 0.1) is 13.8 Å². The number of anilines is 2. The molecule has 0 saturated heterocycles. The number of rotatable bonds is 3. The van der Waals surface area contributed by atoms with Crippen LogP contribution in [0.5, 0.6) is 0 Å². The van der Waals surface area contributed by atoms with Gasteiger partial charge in [0.2, 0.25) is 0 Å². The predicted octanol–water partition coefficient (Wildman–Crippen LogP) is 2.54. The van der Waals surface area contributed by atoms with Gasteiger partial charge in [0.15, 0.2) is 0 Å². The Morgan fingerprint density at radius 1 is 1.39 bits per heavy atom. The van der Waals surface area contributed by atoms with Gasteiger partial charge in [-0.3, -0.25) is 4.98 Å². The van der Waals surface area contributed by atoms with Crippen molar-refractivity contribution in [1.82, 2.24) is 9.97 Å². The zero-order valence-corrected chi connectivity index (χ0v) is 10.1. The van der Waals surface area contributed by atoms with Crippen LogP contribution in [0.1, 0.15) is 21.6 Å². The first-order chi connectivity index (χ1) is 8.58. The van der Waals surface area contributed by atoms with E-state index >= 15 is 0 Å². The first kappa shape index (κ1) is 12.0. The number of hydrogen-bond donors (Lipinski definition) is 2. The van der Waals surface area contributed by atoms with E-state index in [0.29, 0.717) is 17.1 Å². The zero-order valence-electron chi connectivity index (χ0n) is 10.1. The molecule has 2 heterocycles. The van der Waals surface area contributed by atoms with Gasteiger partial charge in [-0.15, -0.1) is 0 Å². The maximum Gasteiger partial charge on any atom is 0.339 e. The molecule has 2 N–H and O–H groups in total.